The van der Waals surface area contributed by atoms with Crippen molar-refractivity contribution in [2.24, 2.45) is 16.7 Å². The van der Waals surface area contributed by atoms with Gasteiger partial charge in [-0.05, 0) is 37.1 Å². The monoisotopic (exact) mass is 586 g/mol. The first kappa shape index (κ1) is 28.8. The fourth-order valence-electron chi connectivity index (χ4n) is 8.40. The fourth-order valence-corrected chi connectivity index (χ4v) is 8.40. The van der Waals surface area contributed by atoms with Crippen LogP contribution in [0.3, 0.4) is 0 Å². The number of carbonyl (C=O) groups is 4. The van der Waals surface area contributed by atoms with E-state index in [1.807, 2.05) is 0 Å². The molecule has 3 N–H and O–H groups in total. The van der Waals surface area contributed by atoms with Crippen molar-refractivity contribution in [1.29, 1.82) is 0 Å². The predicted octanol–water partition coefficient (Wildman–Crippen LogP) is 1.23. The second-order valence-electron chi connectivity index (χ2n) is 12.7. The van der Waals surface area contributed by atoms with Crippen LogP contribution in [0.15, 0.2) is 41.5 Å². The van der Waals surface area contributed by atoms with Gasteiger partial charge in [-0.2, -0.15) is 0 Å². The van der Waals surface area contributed by atoms with Gasteiger partial charge in [0.1, 0.15) is 18.3 Å². The highest BCUT2D eigenvalue weighted by Crippen LogP contribution is 2.66. The van der Waals surface area contributed by atoms with Gasteiger partial charge in [0.25, 0.3) is 0 Å². The second-order valence-corrected chi connectivity index (χ2v) is 12.7. The van der Waals surface area contributed by atoms with E-state index in [0.717, 1.165) is 0 Å². The van der Waals surface area contributed by atoms with E-state index in [2.05, 4.69) is 0 Å². The molecule has 2 heterocycles. The van der Waals surface area contributed by atoms with Gasteiger partial charge in [0.05, 0.1) is 29.6 Å². The SMILES string of the molecule is CC(=O)O[C@@]12COC1C[C@H](O)[C@@]1(C)C(=O)[C@H](O)C3=C(C)[C@@H](O)[C@@H]4OC(=O)O[C@]4([C@@H](OC(=O)c4ccccc4)[C@@H]12)C3(C)C. The van der Waals surface area contributed by atoms with Gasteiger partial charge >= 0.3 is 18.1 Å². The van der Waals surface area contributed by atoms with Crippen molar-refractivity contribution in [3.05, 3.63) is 47.0 Å². The molecule has 1 aromatic carbocycles. The standard InChI is InChI=1S/C30H34O12/c1-13-18-20(34)22(35)28(5)16(32)11-17-29(12-38-17,41-14(2)31)21(28)24(39-25(36)15-9-7-6-8-10-15)30(27(18,3)4)23(19(13)33)40-26(37)42-30/h6-10,16-17,19-21,23-24,32-34H,11-12H2,1-5H3/t16-,17?,19+,20+,21-,23-,24-,28+,29-,30+/m0/s1. The number of aliphatic hydroxyl groups excluding tert-OH is 3. The Morgan fingerprint density at radius 1 is 1.05 bits per heavy atom. The van der Waals surface area contributed by atoms with Gasteiger partial charge in [0.2, 0.25) is 5.60 Å². The molecule has 6 rings (SSSR count). The molecule has 10 atom stereocenters. The third-order valence-electron chi connectivity index (χ3n) is 10.4. The molecule has 4 fully saturated rings. The zero-order valence-electron chi connectivity index (χ0n) is 23.9. The lowest BCUT2D eigenvalue weighted by atomic mass is 9.44. The van der Waals surface area contributed by atoms with Crippen molar-refractivity contribution in [3.8, 4) is 0 Å². The van der Waals surface area contributed by atoms with Crippen LogP contribution in [-0.4, -0.2) is 93.6 Å². The predicted molar refractivity (Wildman–Crippen MR) is 140 cm³/mol. The molecule has 2 bridgehead atoms. The molecule has 12 heteroatoms. The summed E-state index contributed by atoms with van der Waals surface area (Å²) in [5.74, 6) is -3.83. The number of ketones is 1. The van der Waals surface area contributed by atoms with Gasteiger partial charge in [-0.25, -0.2) is 9.59 Å². The number of benzene rings is 1. The number of hydrogen-bond donors (Lipinski definition) is 3. The van der Waals surface area contributed by atoms with E-state index in [1.165, 1.54) is 32.9 Å². The molecule has 2 saturated carbocycles. The van der Waals surface area contributed by atoms with Crippen LogP contribution in [-0.2, 0) is 33.3 Å². The van der Waals surface area contributed by atoms with Crippen LogP contribution < -0.4 is 0 Å². The Balaban J connectivity index is 1.70. The highest BCUT2D eigenvalue weighted by atomic mass is 16.8. The molecule has 1 unspecified atom stereocenters. The Labute approximate surface area is 241 Å². The molecule has 42 heavy (non-hydrogen) atoms. The summed E-state index contributed by atoms with van der Waals surface area (Å²) in [6.07, 6.45) is -10.2. The number of aliphatic hydroxyl groups is 3. The van der Waals surface area contributed by atoms with Crippen LogP contribution in [0.4, 0.5) is 4.79 Å². The quantitative estimate of drug-likeness (QED) is 0.263. The lowest BCUT2D eigenvalue weighted by Crippen LogP contribution is -2.83. The van der Waals surface area contributed by atoms with Crippen LogP contribution in [0.2, 0.25) is 0 Å². The molecule has 12 nitrogen and oxygen atoms in total. The number of Topliss-reactive ketones (excluding diaryl/α,β-unsaturated/α-hetero) is 1. The molecular formula is C30H34O12. The largest absolute Gasteiger partial charge is 0.509 e. The van der Waals surface area contributed by atoms with Crippen LogP contribution >= 0.6 is 0 Å². The zero-order valence-corrected chi connectivity index (χ0v) is 23.9. The number of fused-ring (bicyclic) bond motifs is 4. The molecule has 2 aliphatic heterocycles. The van der Waals surface area contributed by atoms with Gasteiger partial charge < -0.3 is 39.0 Å². The Morgan fingerprint density at radius 3 is 2.31 bits per heavy atom. The maximum absolute atomic E-state index is 14.5. The third-order valence-corrected chi connectivity index (χ3v) is 10.4. The number of hydrogen-bond acceptors (Lipinski definition) is 12. The van der Waals surface area contributed by atoms with E-state index < -0.39 is 88.5 Å². The van der Waals surface area contributed by atoms with Crippen molar-refractivity contribution < 1.29 is 58.2 Å². The summed E-state index contributed by atoms with van der Waals surface area (Å²) in [6, 6.07) is 7.97. The molecule has 5 aliphatic rings. The van der Waals surface area contributed by atoms with Crippen molar-refractivity contribution in [2.45, 2.75) is 88.9 Å². The smallest absolute Gasteiger partial charge is 0.454 e. The summed E-state index contributed by atoms with van der Waals surface area (Å²) in [4.78, 5) is 53.9. The Morgan fingerprint density at radius 2 is 1.71 bits per heavy atom. The molecule has 3 aliphatic carbocycles. The van der Waals surface area contributed by atoms with Crippen LogP contribution in [0.5, 0.6) is 0 Å². The summed E-state index contributed by atoms with van der Waals surface area (Å²) >= 11 is 0. The molecule has 0 radical (unpaired) electrons. The first-order valence-electron chi connectivity index (χ1n) is 13.9. The minimum Gasteiger partial charge on any atom is -0.454 e. The molecular weight excluding hydrogens is 552 g/mol. The van der Waals surface area contributed by atoms with Crippen LogP contribution in [0.1, 0.15) is 51.4 Å². The number of esters is 2. The third kappa shape index (κ3) is 3.37. The van der Waals surface area contributed by atoms with E-state index in [0.29, 0.717) is 0 Å². The van der Waals surface area contributed by atoms with E-state index in [4.69, 9.17) is 23.7 Å². The summed E-state index contributed by atoms with van der Waals surface area (Å²) < 4.78 is 29.5. The summed E-state index contributed by atoms with van der Waals surface area (Å²) in [7, 11) is 0. The molecule has 2 saturated heterocycles. The van der Waals surface area contributed by atoms with Crippen molar-refractivity contribution >= 4 is 23.9 Å². The maximum atomic E-state index is 14.5. The maximum Gasteiger partial charge on any atom is 0.509 e. The zero-order chi connectivity index (χ0) is 30.6. The van der Waals surface area contributed by atoms with Gasteiger partial charge in [-0.15, -0.1) is 0 Å². The van der Waals surface area contributed by atoms with E-state index in [1.54, 1.807) is 32.0 Å². The van der Waals surface area contributed by atoms with E-state index in [9.17, 15) is 34.5 Å². The number of ether oxygens (including phenoxy) is 5. The summed E-state index contributed by atoms with van der Waals surface area (Å²) in [6.45, 7) is 7.07. The Kier molecular flexibility index (Phi) is 6.23. The molecule has 1 spiro atoms. The van der Waals surface area contributed by atoms with Crippen LogP contribution in [0, 0.1) is 16.7 Å². The fraction of sp³-hybridized carbons (Fsp3) is 0.600. The molecule has 1 aromatic rings. The topological polar surface area (TPSA) is 175 Å². The summed E-state index contributed by atoms with van der Waals surface area (Å²) in [5, 5.41) is 34.9. The van der Waals surface area contributed by atoms with Gasteiger partial charge in [-0.3, -0.25) is 9.59 Å². The molecule has 0 amide bonds. The minimum atomic E-state index is -2.05. The Bertz CT molecular complexity index is 1400. The number of rotatable bonds is 3. The average molecular weight is 587 g/mol. The highest BCUT2D eigenvalue weighted by Gasteiger charge is 2.82. The molecule has 0 aromatic heterocycles. The Hall–Kier alpha value is -3.32. The summed E-state index contributed by atoms with van der Waals surface area (Å²) in [5.41, 5.74) is -6.75. The van der Waals surface area contributed by atoms with Crippen molar-refractivity contribution in [1.82, 2.24) is 0 Å². The average Bonchev–Trinajstić information content (AvgIpc) is 3.30. The van der Waals surface area contributed by atoms with Crippen molar-refractivity contribution in [3.63, 3.8) is 0 Å². The minimum absolute atomic E-state index is 0.0516. The van der Waals surface area contributed by atoms with Gasteiger partial charge in [-0.1, -0.05) is 32.0 Å². The highest BCUT2D eigenvalue weighted by molar-refractivity contribution is 5.94. The lowest BCUT2D eigenvalue weighted by molar-refractivity contribution is -0.345. The molecule has 226 valence electrons. The number of carbonyl (C=O) groups excluding carboxylic acids is 4. The van der Waals surface area contributed by atoms with Crippen LogP contribution in [0.25, 0.3) is 0 Å². The second kappa shape index (κ2) is 9.09. The van der Waals surface area contributed by atoms with Crippen molar-refractivity contribution in [2.75, 3.05) is 6.61 Å². The first-order chi connectivity index (χ1) is 19.6. The lowest BCUT2D eigenvalue weighted by Gasteiger charge is -2.67. The van der Waals surface area contributed by atoms with E-state index >= 15 is 0 Å². The first-order valence-corrected chi connectivity index (χ1v) is 13.9. The van der Waals surface area contributed by atoms with Gasteiger partial charge in [0, 0.05) is 18.8 Å². The van der Waals surface area contributed by atoms with Gasteiger partial charge in [0.15, 0.2) is 23.6 Å². The normalized spacial score (nSPS) is 43.3. The van der Waals surface area contributed by atoms with E-state index in [-0.39, 0.29) is 29.7 Å².